The molecule has 3 rings (SSSR count). The van der Waals surface area contributed by atoms with Crippen molar-refractivity contribution in [1.29, 1.82) is 0 Å². The smallest absolute Gasteiger partial charge is 0.255 e. The first-order valence-corrected chi connectivity index (χ1v) is 9.03. The van der Waals surface area contributed by atoms with Crippen LogP contribution in [-0.2, 0) is 14.8 Å². The van der Waals surface area contributed by atoms with Gasteiger partial charge in [0.15, 0.2) is 0 Å². The molecule has 1 N–H and O–H groups in total. The average molecular weight is 344 g/mol. The van der Waals surface area contributed by atoms with Crippen LogP contribution in [0.4, 0.5) is 11.4 Å². The van der Waals surface area contributed by atoms with Gasteiger partial charge in [-0.15, -0.1) is 0 Å². The van der Waals surface area contributed by atoms with Gasteiger partial charge in [-0.05, 0) is 30.3 Å². The van der Waals surface area contributed by atoms with Crippen molar-refractivity contribution >= 4 is 33.2 Å². The van der Waals surface area contributed by atoms with Gasteiger partial charge in [-0.25, -0.2) is 12.7 Å². The van der Waals surface area contributed by atoms with Crippen LogP contribution < -0.4 is 9.62 Å². The zero-order valence-corrected chi connectivity index (χ0v) is 13.8. The lowest BCUT2D eigenvalue weighted by molar-refractivity contribution is -0.119. The van der Waals surface area contributed by atoms with Gasteiger partial charge in [-0.2, -0.15) is 0 Å². The fourth-order valence-corrected chi connectivity index (χ4v) is 4.40. The first kappa shape index (κ1) is 16.2. The lowest BCUT2D eigenvalue weighted by Gasteiger charge is -2.16. The van der Waals surface area contributed by atoms with Crippen molar-refractivity contribution in [3.05, 3.63) is 60.2 Å². The van der Waals surface area contributed by atoms with E-state index in [4.69, 9.17) is 0 Å². The molecule has 124 valence electrons. The number of rotatable bonds is 3. The van der Waals surface area contributed by atoms with Gasteiger partial charge < -0.3 is 5.32 Å². The number of nitrogens with zero attached hydrogens (tertiary/aromatic N) is 1. The third kappa shape index (κ3) is 3.03. The number of hydrogen-bond acceptors (Lipinski definition) is 4. The van der Waals surface area contributed by atoms with Crippen LogP contribution in [0.25, 0.3) is 0 Å². The Morgan fingerprint density at radius 3 is 2.46 bits per heavy atom. The van der Waals surface area contributed by atoms with Crippen LogP contribution in [0.5, 0.6) is 0 Å². The molecule has 0 bridgehead atoms. The van der Waals surface area contributed by atoms with E-state index in [0.29, 0.717) is 5.69 Å². The van der Waals surface area contributed by atoms with Gasteiger partial charge in [0.2, 0.25) is 15.9 Å². The van der Waals surface area contributed by atoms with E-state index in [1.54, 1.807) is 43.3 Å². The number of benzene rings is 2. The highest BCUT2D eigenvalue weighted by molar-refractivity contribution is 7.94. The number of hydrogen-bond donors (Lipinski definition) is 1. The molecule has 7 heteroatoms. The molecule has 2 aromatic rings. The summed E-state index contributed by atoms with van der Waals surface area (Å²) in [4.78, 5) is 24.5. The molecule has 2 amide bonds. The van der Waals surface area contributed by atoms with Crippen molar-refractivity contribution in [2.75, 3.05) is 15.4 Å². The molecule has 2 aromatic carbocycles. The lowest BCUT2D eigenvalue weighted by atomic mass is 10.1. The van der Waals surface area contributed by atoms with Crippen LogP contribution in [0.15, 0.2) is 54.6 Å². The highest BCUT2D eigenvalue weighted by Crippen LogP contribution is 2.28. The maximum Gasteiger partial charge on any atom is 0.255 e. The fourth-order valence-electron chi connectivity index (χ4n) is 2.59. The summed E-state index contributed by atoms with van der Waals surface area (Å²) in [5.74, 6) is -1.65. The summed E-state index contributed by atoms with van der Waals surface area (Å²) < 4.78 is 25.1. The molecule has 1 saturated heterocycles. The van der Waals surface area contributed by atoms with Crippen LogP contribution in [0.1, 0.15) is 17.3 Å². The van der Waals surface area contributed by atoms with Crippen molar-refractivity contribution in [1.82, 2.24) is 0 Å². The Balaban J connectivity index is 1.90. The summed E-state index contributed by atoms with van der Waals surface area (Å²) in [6.07, 6.45) is 0. The van der Waals surface area contributed by atoms with E-state index in [-0.39, 0.29) is 22.9 Å². The lowest BCUT2D eigenvalue weighted by Crippen LogP contribution is -2.30. The van der Waals surface area contributed by atoms with Gasteiger partial charge in [0, 0.05) is 11.3 Å². The van der Waals surface area contributed by atoms with Crippen LogP contribution in [0.2, 0.25) is 0 Å². The maximum atomic E-state index is 12.3. The van der Waals surface area contributed by atoms with E-state index in [1.807, 2.05) is 6.07 Å². The van der Waals surface area contributed by atoms with Crippen molar-refractivity contribution < 1.29 is 18.0 Å². The molecule has 1 heterocycles. The van der Waals surface area contributed by atoms with Crippen LogP contribution >= 0.6 is 0 Å². The normalized spacial score (nSPS) is 19.3. The Morgan fingerprint density at radius 2 is 1.83 bits per heavy atom. The summed E-state index contributed by atoms with van der Waals surface area (Å²) in [7, 11) is -3.69. The molecule has 0 radical (unpaired) electrons. The predicted molar refractivity (Wildman–Crippen MR) is 91.3 cm³/mol. The Kier molecular flexibility index (Phi) is 4.11. The summed E-state index contributed by atoms with van der Waals surface area (Å²) in [5.41, 5.74) is 1.09. The summed E-state index contributed by atoms with van der Waals surface area (Å²) >= 11 is 0. The first-order valence-electron chi connectivity index (χ1n) is 7.42. The van der Waals surface area contributed by atoms with Gasteiger partial charge in [0.25, 0.3) is 5.91 Å². The van der Waals surface area contributed by atoms with E-state index in [2.05, 4.69) is 5.32 Å². The van der Waals surface area contributed by atoms with E-state index >= 15 is 0 Å². The molecule has 1 fully saturated rings. The molecular weight excluding hydrogens is 328 g/mol. The number of carbonyl (C=O) groups excluding carboxylic acids is 2. The quantitative estimate of drug-likeness (QED) is 0.926. The summed E-state index contributed by atoms with van der Waals surface area (Å²) in [6.45, 7) is 1.58. The average Bonchev–Trinajstić information content (AvgIpc) is 2.76. The van der Waals surface area contributed by atoms with Gasteiger partial charge in [0.1, 0.15) is 0 Å². The zero-order chi connectivity index (χ0) is 17.3. The Labute approximate surface area is 140 Å². The highest BCUT2D eigenvalue weighted by Gasteiger charge is 2.42. The predicted octanol–water partition coefficient (Wildman–Crippen LogP) is 2.25. The second kappa shape index (κ2) is 6.09. The number of sulfonamides is 1. The number of nitrogens with one attached hydrogen (secondary N) is 1. The number of carbonyl (C=O) groups is 2. The molecule has 6 nitrogen and oxygen atoms in total. The fraction of sp³-hybridized carbons (Fsp3) is 0.176. The second-order valence-electron chi connectivity index (χ2n) is 5.65. The van der Waals surface area contributed by atoms with Gasteiger partial charge >= 0.3 is 0 Å². The number of para-hydroxylation sites is 1. The molecule has 0 spiro atoms. The van der Waals surface area contributed by atoms with Crippen LogP contribution in [0.3, 0.4) is 0 Å². The standard InChI is InChI=1S/C17H16N2O4S/c1-12-11-24(22,23)19(17(12)21)15-9-5-6-13(10-15)16(20)18-14-7-3-2-4-8-14/h2-10,12H,11H2,1H3,(H,18,20)/t12-/m1/s1. The maximum absolute atomic E-state index is 12.3. The summed E-state index contributed by atoms with van der Waals surface area (Å²) in [5, 5.41) is 2.72. The molecule has 0 aromatic heterocycles. The number of amides is 2. The molecule has 1 atom stereocenters. The molecular formula is C17H16N2O4S. The molecule has 0 unspecified atom stereocenters. The minimum atomic E-state index is -3.69. The molecule has 0 saturated carbocycles. The van der Waals surface area contributed by atoms with Crippen molar-refractivity contribution in [3.63, 3.8) is 0 Å². The third-order valence-electron chi connectivity index (χ3n) is 3.74. The SMILES string of the molecule is C[C@@H]1CS(=O)(=O)N(c2cccc(C(=O)Nc3ccccc3)c2)C1=O. The van der Waals surface area contributed by atoms with Crippen LogP contribution in [0, 0.1) is 5.92 Å². The molecule has 1 aliphatic heterocycles. The monoisotopic (exact) mass is 344 g/mol. The zero-order valence-electron chi connectivity index (χ0n) is 13.0. The van der Waals surface area contributed by atoms with Crippen molar-refractivity contribution in [2.45, 2.75) is 6.92 Å². The Hall–Kier alpha value is -2.67. The molecule has 0 aliphatic carbocycles. The second-order valence-corrected chi connectivity index (χ2v) is 7.52. The van der Waals surface area contributed by atoms with Crippen molar-refractivity contribution in [2.24, 2.45) is 5.92 Å². The van der Waals surface area contributed by atoms with E-state index in [1.165, 1.54) is 12.1 Å². The Morgan fingerprint density at radius 1 is 1.12 bits per heavy atom. The van der Waals surface area contributed by atoms with Crippen molar-refractivity contribution in [3.8, 4) is 0 Å². The van der Waals surface area contributed by atoms with E-state index in [0.717, 1.165) is 4.31 Å². The van der Waals surface area contributed by atoms with E-state index in [9.17, 15) is 18.0 Å². The topological polar surface area (TPSA) is 83.6 Å². The van der Waals surface area contributed by atoms with Gasteiger partial charge in [0.05, 0.1) is 17.4 Å². The Bertz CT molecular complexity index is 894. The minimum absolute atomic E-state index is 0.185. The molecule has 1 aliphatic rings. The third-order valence-corrected chi connectivity index (χ3v) is 5.60. The van der Waals surface area contributed by atoms with Crippen LogP contribution in [-0.4, -0.2) is 26.0 Å². The number of anilines is 2. The first-order chi connectivity index (χ1) is 11.4. The minimum Gasteiger partial charge on any atom is -0.322 e. The largest absolute Gasteiger partial charge is 0.322 e. The van der Waals surface area contributed by atoms with E-state index < -0.39 is 21.8 Å². The van der Waals surface area contributed by atoms with Gasteiger partial charge in [-0.1, -0.05) is 31.2 Å². The highest BCUT2D eigenvalue weighted by atomic mass is 32.2. The summed E-state index contributed by atoms with van der Waals surface area (Å²) in [6, 6.07) is 15.0. The van der Waals surface area contributed by atoms with Gasteiger partial charge in [-0.3, -0.25) is 9.59 Å². The molecule has 24 heavy (non-hydrogen) atoms.